The Bertz CT molecular complexity index is 1510. The van der Waals surface area contributed by atoms with Gasteiger partial charge in [0.05, 0.1) is 18.9 Å². The fraction of sp³-hybridized carbons (Fsp3) is 0.488. The van der Waals surface area contributed by atoms with E-state index in [0.29, 0.717) is 83.6 Å². The van der Waals surface area contributed by atoms with Crippen LogP contribution in [-0.4, -0.2) is 120 Å². The molecular weight excluding hydrogens is 674 g/mol. The highest BCUT2D eigenvalue weighted by Gasteiger charge is 2.23. The van der Waals surface area contributed by atoms with E-state index in [1.165, 1.54) is 0 Å². The van der Waals surface area contributed by atoms with Gasteiger partial charge in [-0.1, -0.05) is 60.7 Å². The Balaban J connectivity index is 1.09. The molecule has 0 bridgehead atoms. The van der Waals surface area contributed by atoms with Crippen molar-refractivity contribution >= 4 is 23.6 Å². The van der Waals surface area contributed by atoms with Gasteiger partial charge in [-0.25, -0.2) is 4.79 Å². The molecule has 288 valence electrons. The number of carbonyl (C=O) groups excluding carboxylic acids is 3. The molecule has 3 amide bonds. The van der Waals surface area contributed by atoms with E-state index in [9.17, 15) is 29.7 Å². The zero-order chi connectivity index (χ0) is 37.7. The van der Waals surface area contributed by atoms with E-state index in [4.69, 9.17) is 4.74 Å². The molecule has 0 radical (unpaired) electrons. The molecule has 0 atom stereocenters. The van der Waals surface area contributed by atoms with Gasteiger partial charge in [0.15, 0.2) is 0 Å². The van der Waals surface area contributed by atoms with Gasteiger partial charge in [0.2, 0.25) is 11.8 Å². The zero-order valence-corrected chi connectivity index (χ0v) is 30.8. The molecule has 53 heavy (non-hydrogen) atoms. The number of rotatable bonds is 22. The third-order valence-corrected chi connectivity index (χ3v) is 9.50. The average Bonchev–Trinajstić information content (AvgIpc) is 3.17. The number of hydrogen-bond donors (Lipinski definition) is 5. The topological polar surface area (TPSA) is 155 Å². The summed E-state index contributed by atoms with van der Waals surface area (Å²) in [6.07, 6.45) is 4.68. The predicted octanol–water partition coefficient (Wildman–Crippen LogP) is 4.84. The van der Waals surface area contributed by atoms with Crippen LogP contribution in [0.3, 0.4) is 0 Å². The molecule has 1 aliphatic heterocycles. The van der Waals surface area contributed by atoms with E-state index in [1.54, 1.807) is 12.1 Å². The smallest absolute Gasteiger partial charge is 0.411 e. The summed E-state index contributed by atoms with van der Waals surface area (Å²) in [6, 6.07) is 24.5. The second kappa shape index (κ2) is 23.2. The maximum absolute atomic E-state index is 13.2. The first kappa shape index (κ1) is 41.3. The number of phenols is 1. The summed E-state index contributed by atoms with van der Waals surface area (Å²) >= 11 is 0. The summed E-state index contributed by atoms with van der Waals surface area (Å²) in [7, 11) is 0. The number of aromatic hydroxyl groups is 1. The number of benzene rings is 3. The average molecular weight is 732 g/mol. The number of para-hydroxylation sites is 1. The van der Waals surface area contributed by atoms with Gasteiger partial charge in [-0.3, -0.25) is 19.8 Å². The van der Waals surface area contributed by atoms with E-state index in [2.05, 4.69) is 15.5 Å². The Kier molecular flexibility index (Phi) is 18.1. The summed E-state index contributed by atoms with van der Waals surface area (Å²) < 4.78 is 5.75. The van der Waals surface area contributed by atoms with Gasteiger partial charge in [0, 0.05) is 70.8 Å². The number of aliphatic hydroxyl groups excluding tert-OH is 2. The minimum atomic E-state index is -0.459. The fourth-order valence-electron chi connectivity index (χ4n) is 6.53. The number of likely N-dealkylation sites (tertiary alicyclic amines) is 1. The first-order valence-corrected chi connectivity index (χ1v) is 19.0. The first-order valence-electron chi connectivity index (χ1n) is 19.0. The molecular formula is C41H57N5O7. The molecule has 1 heterocycles. The van der Waals surface area contributed by atoms with Crippen LogP contribution in [0.2, 0.25) is 0 Å². The number of ether oxygens (including phenoxy) is 1. The van der Waals surface area contributed by atoms with Crippen LogP contribution in [0.5, 0.6) is 5.75 Å². The molecule has 0 aromatic heterocycles. The van der Waals surface area contributed by atoms with Crippen molar-refractivity contribution in [2.24, 2.45) is 0 Å². The van der Waals surface area contributed by atoms with Gasteiger partial charge in [-0.05, 0) is 74.4 Å². The molecule has 1 fully saturated rings. The molecule has 4 rings (SSSR count). The lowest BCUT2D eigenvalue weighted by molar-refractivity contribution is -0.132. The third kappa shape index (κ3) is 15.2. The van der Waals surface area contributed by atoms with Crippen molar-refractivity contribution < 1.29 is 34.4 Å². The molecule has 12 nitrogen and oxygen atoms in total. The largest absolute Gasteiger partial charge is 0.508 e. The van der Waals surface area contributed by atoms with Gasteiger partial charge in [-0.2, -0.15) is 0 Å². The van der Waals surface area contributed by atoms with Crippen molar-refractivity contribution in [2.75, 3.05) is 70.9 Å². The van der Waals surface area contributed by atoms with Crippen LogP contribution in [0.1, 0.15) is 56.9 Å². The summed E-state index contributed by atoms with van der Waals surface area (Å²) in [5.41, 5.74) is 3.60. The number of nitrogens with one attached hydrogen (secondary N) is 2. The van der Waals surface area contributed by atoms with Crippen LogP contribution in [0.4, 0.5) is 10.5 Å². The lowest BCUT2D eigenvalue weighted by Gasteiger charge is -2.31. The van der Waals surface area contributed by atoms with Crippen LogP contribution in [0.15, 0.2) is 78.9 Å². The standard InChI is InChI=1S/C41H57N5O7/c47-30-28-44(29-31-48)23-9-14-40(51)46(32-33-15-17-35(49)18-16-33)24-8-2-7-22-42-39(50)21-27-45-25-19-36(20-26-45)53-41(52)43-38-13-6-5-12-37(38)34-10-3-1-4-11-34/h1,3-6,10-13,15-18,36,47-49H,2,7-9,14,19-32H2,(H,42,50)(H,43,52). The fourth-order valence-corrected chi connectivity index (χ4v) is 6.53. The molecule has 3 aromatic rings. The number of anilines is 1. The van der Waals surface area contributed by atoms with Crippen LogP contribution in [0.25, 0.3) is 11.1 Å². The maximum Gasteiger partial charge on any atom is 0.411 e. The summed E-state index contributed by atoms with van der Waals surface area (Å²) in [6.45, 7) is 5.35. The molecule has 1 saturated heterocycles. The number of hydrogen-bond acceptors (Lipinski definition) is 9. The quantitative estimate of drug-likeness (QED) is 0.0914. The molecule has 0 aliphatic carbocycles. The number of amides is 3. The van der Waals surface area contributed by atoms with Gasteiger partial charge < -0.3 is 35.2 Å². The van der Waals surface area contributed by atoms with E-state index in [0.717, 1.165) is 49.0 Å². The minimum Gasteiger partial charge on any atom is -0.508 e. The maximum atomic E-state index is 13.2. The van der Waals surface area contributed by atoms with E-state index >= 15 is 0 Å². The molecule has 5 N–H and O–H groups in total. The molecule has 1 aliphatic rings. The molecule has 3 aromatic carbocycles. The van der Waals surface area contributed by atoms with Gasteiger partial charge in [0.1, 0.15) is 11.9 Å². The Hall–Kier alpha value is -4.49. The Morgan fingerprint density at radius 3 is 2.19 bits per heavy atom. The Labute approximate surface area is 313 Å². The van der Waals surface area contributed by atoms with E-state index < -0.39 is 6.09 Å². The van der Waals surface area contributed by atoms with Crippen molar-refractivity contribution in [3.8, 4) is 16.9 Å². The SMILES string of the molecule is O=C(CCN1CCC(OC(=O)Nc2ccccc2-c2ccccc2)CC1)NCCCCCN(Cc1ccc(O)cc1)C(=O)CCCN(CCO)CCO. The van der Waals surface area contributed by atoms with Gasteiger partial charge in [0.25, 0.3) is 0 Å². The highest BCUT2D eigenvalue weighted by molar-refractivity contribution is 5.91. The second-order valence-corrected chi connectivity index (χ2v) is 13.5. The summed E-state index contributed by atoms with van der Waals surface area (Å²) in [4.78, 5) is 44.5. The van der Waals surface area contributed by atoms with Crippen molar-refractivity contribution in [1.82, 2.24) is 20.0 Å². The van der Waals surface area contributed by atoms with Crippen molar-refractivity contribution in [3.05, 3.63) is 84.4 Å². The number of piperidine rings is 1. The number of phenolic OH excluding ortho intramolecular Hbond substituents is 1. The molecule has 0 unspecified atom stereocenters. The minimum absolute atomic E-state index is 0.00574. The number of carbonyl (C=O) groups is 3. The lowest BCUT2D eigenvalue weighted by atomic mass is 10.0. The Morgan fingerprint density at radius 2 is 1.47 bits per heavy atom. The van der Waals surface area contributed by atoms with Crippen molar-refractivity contribution in [3.63, 3.8) is 0 Å². The van der Waals surface area contributed by atoms with Crippen molar-refractivity contribution in [1.29, 1.82) is 0 Å². The third-order valence-electron chi connectivity index (χ3n) is 9.50. The van der Waals surface area contributed by atoms with E-state index in [-0.39, 0.29) is 36.9 Å². The highest BCUT2D eigenvalue weighted by Crippen LogP contribution is 2.28. The number of nitrogens with zero attached hydrogens (tertiary/aromatic N) is 3. The van der Waals surface area contributed by atoms with Crippen LogP contribution in [0, 0.1) is 0 Å². The second-order valence-electron chi connectivity index (χ2n) is 13.5. The van der Waals surface area contributed by atoms with E-state index in [1.807, 2.05) is 76.5 Å². The summed E-state index contributed by atoms with van der Waals surface area (Å²) in [5.74, 6) is 0.239. The number of unbranched alkanes of at least 4 members (excludes halogenated alkanes) is 2. The predicted molar refractivity (Wildman–Crippen MR) is 206 cm³/mol. The van der Waals surface area contributed by atoms with Gasteiger partial charge in [-0.15, -0.1) is 0 Å². The zero-order valence-electron chi connectivity index (χ0n) is 30.8. The van der Waals surface area contributed by atoms with Crippen LogP contribution < -0.4 is 10.6 Å². The molecule has 12 heteroatoms. The summed E-state index contributed by atoms with van der Waals surface area (Å²) in [5, 5.41) is 34.1. The lowest BCUT2D eigenvalue weighted by Crippen LogP contribution is -2.40. The molecule has 0 saturated carbocycles. The Morgan fingerprint density at radius 1 is 0.774 bits per heavy atom. The van der Waals surface area contributed by atoms with Crippen LogP contribution in [-0.2, 0) is 20.9 Å². The highest BCUT2D eigenvalue weighted by atomic mass is 16.6. The van der Waals surface area contributed by atoms with Crippen LogP contribution >= 0.6 is 0 Å². The number of aliphatic hydroxyl groups is 2. The van der Waals surface area contributed by atoms with Gasteiger partial charge >= 0.3 is 6.09 Å². The molecule has 0 spiro atoms. The normalized spacial score (nSPS) is 13.5. The first-order chi connectivity index (χ1) is 25.8. The monoisotopic (exact) mass is 731 g/mol. The van der Waals surface area contributed by atoms with Crippen molar-refractivity contribution in [2.45, 2.75) is 64.0 Å².